The third-order valence-electron chi connectivity index (χ3n) is 1.19. The highest BCUT2D eigenvalue weighted by molar-refractivity contribution is 7.90. The second-order valence-electron chi connectivity index (χ2n) is 2.19. The van der Waals surface area contributed by atoms with E-state index in [9.17, 15) is 8.42 Å². The summed E-state index contributed by atoms with van der Waals surface area (Å²) < 4.78 is 22.4. The van der Waals surface area contributed by atoms with Crippen LogP contribution in [0.5, 0.6) is 0 Å². The molecule has 1 rings (SSSR count). The van der Waals surface area contributed by atoms with Crippen molar-refractivity contribution in [2.24, 2.45) is 0 Å². The average Bonchev–Trinajstić information content (AvgIpc) is 1.86. The first kappa shape index (κ1) is 8.00. The van der Waals surface area contributed by atoms with Crippen molar-refractivity contribution >= 4 is 9.84 Å². The first-order valence-electron chi connectivity index (χ1n) is 2.91. The molecular weight excluding hydrogens is 166 g/mol. The fourth-order valence-electron chi connectivity index (χ4n) is 0.662. The van der Waals surface area contributed by atoms with Crippen LogP contribution in [0.15, 0.2) is 29.4 Å². The molecule has 0 saturated heterocycles. The molecule has 0 aliphatic rings. The van der Waals surface area contributed by atoms with Crippen molar-refractivity contribution in [3.05, 3.63) is 24.5 Å². The summed E-state index contributed by atoms with van der Waals surface area (Å²) in [5.41, 5.74) is 0. The van der Waals surface area contributed by atoms with E-state index in [2.05, 4.69) is 0 Å². The number of pyridine rings is 1. The summed E-state index contributed by atoms with van der Waals surface area (Å²) in [5, 5.41) is 8.83. The van der Waals surface area contributed by atoms with Gasteiger partial charge in [-0.2, -0.15) is 0 Å². The van der Waals surface area contributed by atoms with E-state index in [-0.39, 0.29) is 4.90 Å². The van der Waals surface area contributed by atoms with Crippen molar-refractivity contribution in [2.75, 3.05) is 6.26 Å². The van der Waals surface area contributed by atoms with Crippen LogP contribution in [0.25, 0.3) is 0 Å². The zero-order chi connectivity index (χ0) is 8.48. The molecule has 0 saturated carbocycles. The summed E-state index contributed by atoms with van der Waals surface area (Å²) in [6, 6.07) is 2.87. The third kappa shape index (κ3) is 1.91. The third-order valence-corrected chi connectivity index (χ3v) is 2.28. The van der Waals surface area contributed by atoms with Gasteiger partial charge in [0.15, 0.2) is 9.84 Å². The second kappa shape index (κ2) is 2.50. The minimum absolute atomic E-state index is 0.0995. The van der Waals surface area contributed by atoms with Crippen molar-refractivity contribution in [3.8, 4) is 0 Å². The van der Waals surface area contributed by atoms with E-state index in [1.54, 1.807) is 0 Å². The topological polar surface area (TPSA) is 58.2 Å². The van der Waals surface area contributed by atoms with Gasteiger partial charge >= 0.3 is 0 Å². The Morgan fingerprint density at radius 2 is 2.18 bits per heavy atom. The number of nitrogens with zero attached hydrogens (tertiary/aromatic N) is 1. The van der Waals surface area contributed by atoms with Gasteiger partial charge in [0.1, 0.15) is 4.90 Å². The van der Waals surface area contributed by atoms with Crippen molar-refractivity contribution in [1.29, 1.82) is 0 Å². The Morgan fingerprint density at radius 1 is 1.55 bits per heavy atom. The molecule has 60 valence electrons. The zero-order valence-electron chi connectivity index (χ0n) is 5.93. The Labute approximate surface area is 64.6 Å². The zero-order valence-corrected chi connectivity index (χ0v) is 6.75. The predicted octanol–water partition coefficient (Wildman–Crippen LogP) is -0.385. The van der Waals surface area contributed by atoms with Crippen LogP contribution in [0.4, 0.5) is 0 Å². The molecule has 0 spiro atoms. The van der Waals surface area contributed by atoms with Crippen molar-refractivity contribution < 1.29 is 18.4 Å². The summed E-state index contributed by atoms with van der Waals surface area (Å²) in [5.74, 6) is 0. The molecule has 0 aliphatic carbocycles. The number of rotatable bonds is 1. The van der Waals surface area contributed by atoms with Gasteiger partial charge in [0.05, 0.1) is 0 Å². The Kier molecular flexibility index (Phi) is 1.82. The van der Waals surface area contributed by atoms with Crippen LogP contribution in [0, 0.1) is 0 Å². The van der Waals surface area contributed by atoms with Crippen LogP contribution in [-0.2, 0) is 9.84 Å². The summed E-state index contributed by atoms with van der Waals surface area (Å²) in [6.45, 7) is 0. The number of hydrogen-bond donors (Lipinski definition) is 1. The Hall–Kier alpha value is -1.10. The first-order valence-corrected chi connectivity index (χ1v) is 4.80. The van der Waals surface area contributed by atoms with Gasteiger partial charge in [-0.05, 0) is 6.07 Å². The van der Waals surface area contributed by atoms with E-state index in [1.165, 1.54) is 18.3 Å². The molecule has 0 atom stereocenters. The summed E-state index contributed by atoms with van der Waals surface area (Å²) in [7, 11) is -3.21. The molecule has 0 fully saturated rings. The normalized spacial score (nSPS) is 11.4. The highest BCUT2D eigenvalue weighted by Gasteiger charge is 2.10. The molecule has 4 nitrogen and oxygen atoms in total. The lowest BCUT2D eigenvalue weighted by Crippen LogP contribution is -2.29. The van der Waals surface area contributed by atoms with Crippen LogP contribution in [0.2, 0.25) is 0 Å². The fraction of sp³-hybridized carbons (Fsp3) is 0.167. The van der Waals surface area contributed by atoms with Gasteiger partial charge in [-0.15, -0.1) is 0 Å². The Bertz CT molecular complexity index is 358. The van der Waals surface area contributed by atoms with Gasteiger partial charge in [0, 0.05) is 17.1 Å². The molecule has 0 aliphatic heterocycles. The Morgan fingerprint density at radius 3 is 2.55 bits per heavy atom. The summed E-state index contributed by atoms with van der Waals surface area (Å²) >= 11 is 0. The lowest BCUT2D eigenvalue weighted by atomic mass is 10.5. The van der Waals surface area contributed by atoms with Crippen molar-refractivity contribution in [2.45, 2.75) is 4.90 Å². The maximum Gasteiger partial charge on any atom is 0.240 e. The second-order valence-corrected chi connectivity index (χ2v) is 4.21. The van der Waals surface area contributed by atoms with Crippen LogP contribution < -0.4 is 4.73 Å². The fourth-order valence-corrected chi connectivity index (χ4v) is 1.29. The monoisotopic (exact) mass is 174 g/mol. The van der Waals surface area contributed by atoms with Gasteiger partial charge in [0.2, 0.25) is 12.4 Å². The molecule has 1 heterocycles. The standard InChI is InChI=1S/C6H8NO3S/c1-11(9,10)6-3-2-4-7(8)5-6/h2-5,8H,1H3/q+1. The average molecular weight is 174 g/mol. The highest BCUT2D eigenvalue weighted by atomic mass is 32.2. The van der Waals surface area contributed by atoms with Crippen LogP contribution in [-0.4, -0.2) is 19.9 Å². The van der Waals surface area contributed by atoms with Crippen molar-refractivity contribution in [1.82, 2.24) is 0 Å². The van der Waals surface area contributed by atoms with Gasteiger partial charge in [-0.3, -0.25) is 5.21 Å². The van der Waals surface area contributed by atoms with E-state index in [0.717, 1.165) is 12.5 Å². The molecular formula is C6H8NO3S+. The lowest BCUT2D eigenvalue weighted by molar-refractivity contribution is -0.906. The molecule has 11 heavy (non-hydrogen) atoms. The summed E-state index contributed by atoms with van der Waals surface area (Å²) in [4.78, 5) is 0.0995. The first-order chi connectivity index (χ1) is 5.00. The minimum Gasteiger partial charge on any atom is -0.285 e. The minimum atomic E-state index is -3.21. The number of hydrogen-bond acceptors (Lipinski definition) is 3. The quantitative estimate of drug-likeness (QED) is 0.466. The molecule has 0 unspecified atom stereocenters. The van der Waals surface area contributed by atoms with E-state index in [1.807, 2.05) is 0 Å². The molecule has 5 heteroatoms. The van der Waals surface area contributed by atoms with Crippen LogP contribution >= 0.6 is 0 Å². The number of sulfone groups is 1. The molecule has 1 aromatic rings. The Balaban J connectivity index is 3.28. The maximum absolute atomic E-state index is 10.9. The van der Waals surface area contributed by atoms with E-state index in [4.69, 9.17) is 5.21 Å². The lowest BCUT2D eigenvalue weighted by Gasteiger charge is -1.91. The molecule has 1 aromatic heterocycles. The molecule has 0 aromatic carbocycles. The van der Waals surface area contributed by atoms with Crippen molar-refractivity contribution in [3.63, 3.8) is 0 Å². The maximum atomic E-state index is 10.9. The van der Waals surface area contributed by atoms with Gasteiger partial charge < -0.3 is 0 Å². The van der Waals surface area contributed by atoms with Gasteiger partial charge in [-0.1, -0.05) is 0 Å². The largest absolute Gasteiger partial charge is 0.285 e. The van der Waals surface area contributed by atoms with Crippen LogP contribution in [0.3, 0.4) is 0 Å². The summed E-state index contributed by atoms with van der Waals surface area (Å²) in [6.07, 6.45) is 3.56. The number of aromatic nitrogens is 1. The molecule has 0 bridgehead atoms. The van der Waals surface area contributed by atoms with Gasteiger partial charge in [0.25, 0.3) is 0 Å². The van der Waals surface area contributed by atoms with E-state index >= 15 is 0 Å². The SMILES string of the molecule is CS(=O)(=O)c1ccc[n+](O)c1. The van der Waals surface area contributed by atoms with Crippen LogP contribution in [0.1, 0.15) is 0 Å². The smallest absolute Gasteiger partial charge is 0.240 e. The predicted molar refractivity (Wildman–Crippen MR) is 36.9 cm³/mol. The molecule has 1 N–H and O–H groups in total. The van der Waals surface area contributed by atoms with E-state index < -0.39 is 9.84 Å². The molecule has 0 radical (unpaired) electrons. The van der Waals surface area contributed by atoms with E-state index in [0.29, 0.717) is 4.73 Å². The van der Waals surface area contributed by atoms with Gasteiger partial charge in [-0.25, -0.2) is 8.42 Å². The molecule has 0 amide bonds. The highest BCUT2D eigenvalue weighted by Crippen LogP contribution is 2.02.